The zero-order valence-electron chi connectivity index (χ0n) is 13.8. The number of allylic oxidation sites excluding steroid dienone is 4. The smallest absolute Gasteiger partial charge is 0.175 e. The number of fused-ring (bicyclic) bond motifs is 2. The molecule has 2 aliphatic carbocycles. The van der Waals surface area contributed by atoms with Crippen molar-refractivity contribution in [1.82, 2.24) is 0 Å². The third-order valence-electron chi connectivity index (χ3n) is 5.34. The quantitative estimate of drug-likeness (QED) is 0.828. The van der Waals surface area contributed by atoms with Crippen LogP contribution in [0.15, 0.2) is 46.5 Å². The summed E-state index contributed by atoms with van der Waals surface area (Å²) in [6.07, 6.45) is 9.87. The van der Waals surface area contributed by atoms with Crippen LogP contribution in [0, 0.1) is 5.92 Å². The second-order valence-corrected chi connectivity index (χ2v) is 9.00. The number of anilines is 1. The van der Waals surface area contributed by atoms with Crippen LogP contribution in [0.3, 0.4) is 0 Å². The molecular weight excluding hydrogens is 322 g/mol. The van der Waals surface area contributed by atoms with E-state index in [1.165, 1.54) is 17.5 Å². The lowest BCUT2D eigenvalue weighted by molar-refractivity contribution is -0.115. The predicted octanol–water partition coefficient (Wildman–Crippen LogP) is 3.04. The lowest BCUT2D eigenvalue weighted by atomic mass is 9.79. The first kappa shape index (κ1) is 15.6. The maximum atomic E-state index is 11.7. The Balaban J connectivity index is 1.68. The molecule has 0 spiro atoms. The number of hydrogen-bond acceptors (Lipinski definition) is 4. The summed E-state index contributed by atoms with van der Waals surface area (Å²) in [5.41, 5.74) is 4.62. The van der Waals surface area contributed by atoms with Gasteiger partial charge in [0, 0.05) is 30.6 Å². The molecule has 0 amide bonds. The van der Waals surface area contributed by atoms with Crippen molar-refractivity contribution in [2.24, 2.45) is 5.92 Å². The van der Waals surface area contributed by atoms with Gasteiger partial charge in [-0.25, -0.2) is 8.42 Å². The molecular formula is C19H21NO3S. The van der Waals surface area contributed by atoms with E-state index in [1.807, 2.05) is 12.1 Å². The molecule has 0 radical (unpaired) electrons. The molecule has 1 aromatic carbocycles. The lowest BCUT2D eigenvalue weighted by Crippen LogP contribution is -2.25. The average Bonchev–Trinajstić information content (AvgIpc) is 2.96. The van der Waals surface area contributed by atoms with Crippen LogP contribution in [0.2, 0.25) is 0 Å². The third kappa shape index (κ3) is 2.71. The minimum atomic E-state index is -3.17. The fourth-order valence-corrected chi connectivity index (χ4v) is 4.71. The molecule has 1 unspecified atom stereocenters. The van der Waals surface area contributed by atoms with Crippen molar-refractivity contribution < 1.29 is 13.2 Å². The van der Waals surface area contributed by atoms with Gasteiger partial charge in [0.15, 0.2) is 15.6 Å². The zero-order valence-corrected chi connectivity index (χ0v) is 14.6. The molecule has 0 N–H and O–H groups in total. The standard InChI is InChI=1S/C19H21NO3S/c1-24(22,23)18-6-7-19-14(12-18)8-9-20(19)16-4-2-13-3-5-17(21)11-15(13)10-16/h6-7,10-13H,2-5,8-9H2,1H3. The molecule has 1 aliphatic heterocycles. The van der Waals surface area contributed by atoms with E-state index < -0.39 is 9.84 Å². The average molecular weight is 343 g/mol. The van der Waals surface area contributed by atoms with Crippen LogP contribution in [0.1, 0.15) is 31.2 Å². The number of benzene rings is 1. The first-order valence-electron chi connectivity index (χ1n) is 8.47. The molecule has 5 heteroatoms. The number of nitrogens with zero attached hydrogens (tertiary/aromatic N) is 1. The fourth-order valence-electron chi connectivity index (χ4n) is 4.04. The fraction of sp³-hybridized carbons (Fsp3) is 0.421. The van der Waals surface area contributed by atoms with Crippen LogP contribution >= 0.6 is 0 Å². The van der Waals surface area contributed by atoms with Gasteiger partial charge in [-0.15, -0.1) is 0 Å². The van der Waals surface area contributed by atoms with Gasteiger partial charge in [-0.1, -0.05) is 0 Å². The molecule has 4 rings (SSSR count). The Morgan fingerprint density at radius 3 is 2.67 bits per heavy atom. The second kappa shape index (κ2) is 5.59. The Bertz CT molecular complexity index is 880. The number of carbonyl (C=O) groups is 1. The van der Waals surface area contributed by atoms with Crippen molar-refractivity contribution in [3.63, 3.8) is 0 Å². The molecule has 4 nitrogen and oxygen atoms in total. The van der Waals surface area contributed by atoms with Crippen molar-refractivity contribution in [3.05, 3.63) is 47.2 Å². The molecule has 0 saturated heterocycles. The molecule has 1 atom stereocenters. The predicted molar refractivity (Wildman–Crippen MR) is 93.7 cm³/mol. The maximum absolute atomic E-state index is 11.7. The Kier molecular flexibility index (Phi) is 3.64. The Morgan fingerprint density at radius 1 is 1.08 bits per heavy atom. The minimum Gasteiger partial charge on any atom is -0.345 e. The molecule has 24 heavy (non-hydrogen) atoms. The molecule has 0 bridgehead atoms. The number of rotatable bonds is 2. The molecule has 1 heterocycles. The SMILES string of the molecule is CS(=O)(=O)c1ccc2c(c1)CCN2C1=CC2=CC(=O)CCC2CC1. The van der Waals surface area contributed by atoms with Crippen molar-refractivity contribution in [2.45, 2.75) is 37.0 Å². The van der Waals surface area contributed by atoms with Crippen molar-refractivity contribution in [3.8, 4) is 0 Å². The van der Waals surface area contributed by atoms with Crippen molar-refractivity contribution >= 4 is 21.3 Å². The van der Waals surface area contributed by atoms with Gasteiger partial charge >= 0.3 is 0 Å². The molecule has 0 aromatic heterocycles. The largest absolute Gasteiger partial charge is 0.345 e. The molecule has 0 fully saturated rings. The first-order valence-corrected chi connectivity index (χ1v) is 10.4. The van der Waals surface area contributed by atoms with Crippen molar-refractivity contribution in [1.29, 1.82) is 0 Å². The monoisotopic (exact) mass is 343 g/mol. The number of hydrogen-bond donors (Lipinski definition) is 0. The topological polar surface area (TPSA) is 54.5 Å². The molecule has 1 aromatic rings. The van der Waals surface area contributed by atoms with Gasteiger partial charge in [0.05, 0.1) is 4.90 Å². The van der Waals surface area contributed by atoms with Gasteiger partial charge in [-0.05, 0) is 73.1 Å². The zero-order chi connectivity index (χ0) is 16.9. The number of ketones is 1. The summed E-state index contributed by atoms with van der Waals surface area (Å²) in [5, 5.41) is 0. The summed E-state index contributed by atoms with van der Waals surface area (Å²) < 4.78 is 23.5. The summed E-state index contributed by atoms with van der Waals surface area (Å²) in [4.78, 5) is 14.4. The van der Waals surface area contributed by atoms with Crippen LogP contribution in [-0.4, -0.2) is 27.0 Å². The van der Waals surface area contributed by atoms with Crippen LogP contribution in [0.4, 0.5) is 5.69 Å². The summed E-state index contributed by atoms with van der Waals surface area (Å²) >= 11 is 0. The highest BCUT2D eigenvalue weighted by Gasteiger charge is 2.29. The summed E-state index contributed by atoms with van der Waals surface area (Å²) in [6, 6.07) is 5.42. The van der Waals surface area contributed by atoms with Gasteiger partial charge in [-0.3, -0.25) is 4.79 Å². The van der Waals surface area contributed by atoms with E-state index in [0.717, 1.165) is 43.5 Å². The van der Waals surface area contributed by atoms with E-state index in [4.69, 9.17) is 0 Å². The Labute approximate surface area is 142 Å². The summed E-state index contributed by atoms with van der Waals surface area (Å²) in [5.74, 6) is 0.763. The Morgan fingerprint density at radius 2 is 1.88 bits per heavy atom. The van der Waals surface area contributed by atoms with E-state index in [1.54, 1.807) is 12.1 Å². The molecule has 0 saturated carbocycles. The van der Waals surface area contributed by atoms with Gasteiger partial charge in [0.1, 0.15) is 0 Å². The normalized spacial score (nSPS) is 23.5. The number of sulfone groups is 1. The van der Waals surface area contributed by atoms with E-state index in [0.29, 0.717) is 17.2 Å². The minimum absolute atomic E-state index is 0.235. The van der Waals surface area contributed by atoms with Crippen LogP contribution in [0.5, 0.6) is 0 Å². The van der Waals surface area contributed by atoms with Gasteiger partial charge in [0.25, 0.3) is 0 Å². The second-order valence-electron chi connectivity index (χ2n) is 6.98. The first-order chi connectivity index (χ1) is 11.4. The van der Waals surface area contributed by atoms with E-state index in [-0.39, 0.29) is 5.78 Å². The number of carbonyl (C=O) groups excluding carboxylic acids is 1. The Hall–Kier alpha value is -1.88. The van der Waals surface area contributed by atoms with Gasteiger partial charge in [-0.2, -0.15) is 0 Å². The highest BCUT2D eigenvalue weighted by molar-refractivity contribution is 7.90. The third-order valence-corrected chi connectivity index (χ3v) is 6.45. The van der Waals surface area contributed by atoms with Crippen LogP contribution in [0.25, 0.3) is 0 Å². The van der Waals surface area contributed by atoms with Gasteiger partial charge < -0.3 is 4.90 Å². The lowest BCUT2D eigenvalue weighted by Gasteiger charge is -2.32. The summed E-state index contributed by atoms with van der Waals surface area (Å²) in [6.45, 7) is 0.875. The van der Waals surface area contributed by atoms with Crippen LogP contribution in [-0.2, 0) is 21.1 Å². The molecule has 126 valence electrons. The van der Waals surface area contributed by atoms with E-state index >= 15 is 0 Å². The highest BCUT2D eigenvalue weighted by Crippen LogP contribution is 2.40. The molecule has 3 aliphatic rings. The summed E-state index contributed by atoms with van der Waals surface area (Å²) in [7, 11) is -3.17. The highest BCUT2D eigenvalue weighted by atomic mass is 32.2. The van der Waals surface area contributed by atoms with Crippen molar-refractivity contribution in [2.75, 3.05) is 17.7 Å². The van der Waals surface area contributed by atoms with E-state index in [2.05, 4.69) is 11.0 Å². The van der Waals surface area contributed by atoms with E-state index in [9.17, 15) is 13.2 Å². The van der Waals surface area contributed by atoms with Crippen LogP contribution < -0.4 is 4.90 Å². The van der Waals surface area contributed by atoms with Gasteiger partial charge in [0.2, 0.25) is 0 Å². The maximum Gasteiger partial charge on any atom is 0.175 e.